The molecule has 0 aliphatic carbocycles. The van der Waals surface area contributed by atoms with Crippen LogP contribution in [0.4, 0.5) is 17.1 Å². The molecule has 0 unspecified atom stereocenters. The monoisotopic (exact) mass is 657 g/mol. The van der Waals surface area contributed by atoms with E-state index in [0.29, 0.717) is 0 Å². The fraction of sp³-hybridized carbons (Fsp3) is 0.0800. The third kappa shape index (κ3) is 8.01. The molecule has 0 amide bonds. The van der Waals surface area contributed by atoms with Crippen LogP contribution < -0.4 is 4.90 Å². The first-order valence-corrected chi connectivity index (χ1v) is 17.7. The summed E-state index contributed by atoms with van der Waals surface area (Å²) in [5.41, 5.74) is 18.3. The second-order valence-electron chi connectivity index (χ2n) is 13.4. The summed E-state index contributed by atoms with van der Waals surface area (Å²) in [5.74, 6) is 0. The van der Waals surface area contributed by atoms with E-state index >= 15 is 0 Å². The lowest BCUT2D eigenvalue weighted by Gasteiger charge is -2.25. The molecule has 0 aliphatic rings. The van der Waals surface area contributed by atoms with Gasteiger partial charge in [0.05, 0.1) is 0 Å². The lowest BCUT2D eigenvalue weighted by Crippen LogP contribution is -2.09. The molecule has 7 aromatic carbocycles. The van der Waals surface area contributed by atoms with Crippen molar-refractivity contribution in [3.05, 3.63) is 208 Å². The topological polar surface area (TPSA) is 3.24 Å². The van der Waals surface area contributed by atoms with E-state index in [4.69, 9.17) is 0 Å². The zero-order valence-electron chi connectivity index (χ0n) is 29.8. The van der Waals surface area contributed by atoms with Gasteiger partial charge in [-0.2, -0.15) is 0 Å². The number of anilines is 3. The van der Waals surface area contributed by atoms with Crippen molar-refractivity contribution in [3.63, 3.8) is 0 Å². The normalized spacial score (nSPS) is 11.4. The molecule has 51 heavy (non-hydrogen) atoms. The molecule has 0 fully saturated rings. The summed E-state index contributed by atoms with van der Waals surface area (Å²) in [6.45, 7) is 8.64. The van der Waals surface area contributed by atoms with E-state index in [1.165, 1.54) is 55.6 Å². The molecule has 7 rings (SSSR count). The highest BCUT2D eigenvalue weighted by atomic mass is 15.1. The maximum Gasteiger partial charge on any atom is 0.0462 e. The van der Waals surface area contributed by atoms with Crippen molar-refractivity contribution in [2.24, 2.45) is 0 Å². The second kappa shape index (κ2) is 15.2. The standard InChI is InChI=1S/C50H43N/c1-36-10-32-49(38(3)34-36)44-24-16-40(17-25-44)12-14-42-20-28-47(29-21-42)51(46-8-6-5-7-9-46)48-30-22-43(23-31-48)15-13-41-18-26-45(27-19-41)50-33-11-37(2)35-39(50)4/h5-35H,1-4H3/b14-12+,15-13+. The predicted molar refractivity (Wildman–Crippen MR) is 222 cm³/mol. The highest BCUT2D eigenvalue weighted by Crippen LogP contribution is 2.35. The number of nitrogens with zero attached hydrogens (tertiary/aromatic N) is 1. The summed E-state index contributed by atoms with van der Waals surface area (Å²) in [7, 11) is 0. The van der Waals surface area contributed by atoms with Crippen LogP contribution in [-0.4, -0.2) is 0 Å². The van der Waals surface area contributed by atoms with Crippen LogP contribution in [0.1, 0.15) is 44.5 Å². The van der Waals surface area contributed by atoms with E-state index in [1.54, 1.807) is 0 Å². The molecule has 248 valence electrons. The minimum absolute atomic E-state index is 1.11. The van der Waals surface area contributed by atoms with Gasteiger partial charge in [-0.25, -0.2) is 0 Å². The first-order valence-electron chi connectivity index (χ1n) is 17.7. The lowest BCUT2D eigenvalue weighted by atomic mass is 9.98. The lowest BCUT2D eigenvalue weighted by molar-refractivity contribution is 1.28. The highest BCUT2D eigenvalue weighted by Gasteiger charge is 2.12. The summed E-state index contributed by atoms with van der Waals surface area (Å²) in [6, 6.07) is 59.0. The zero-order chi connectivity index (χ0) is 35.2. The van der Waals surface area contributed by atoms with Crippen LogP contribution in [0.2, 0.25) is 0 Å². The summed E-state index contributed by atoms with van der Waals surface area (Å²) in [6.07, 6.45) is 8.73. The molecule has 0 aliphatic heterocycles. The Hall–Kier alpha value is -6.18. The summed E-state index contributed by atoms with van der Waals surface area (Å²) < 4.78 is 0. The van der Waals surface area contributed by atoms with Crippen LogP contribution in [0.15, 0.2) is 164 Å². The van der Waals surface area contributed by atoms with Gasteiger partial charge in [0, 0.05) is 17.1 Å². The van der Waals surface area contributed by atoms with Gasteiger partial charge in [0.2, 0.25) is 0 Å². The van der Waals surface area contributed by atoms with Crippen molar-refractivity contribution in [3.8, 4) is 22.3 Å². The highest BCUT2D eigenvalue weighted by molar-refractivity contribution is 5.80. The molecule has 0 heterocycles. The fourth-order valence-electron chi connectivity index (χ4n) is 6.70. The van der Waals surface area contributed by atoms with Gasteiger partial charge in [-0.05, 0) is 120 Å². The Kier molecular flexibility index (Phi) is 9.90. The Bertz CT molecular complexity index is 2140. The van der Waals surface area contributed by atoms with Crippen molar-refractivity contribution in [1.82, 2.24) is 0 Å². The maximum absolute atomic E-state index is 2.30. The van der Waals surface area contributed by atoms with Crippen molar-refractivity contribution >= 4 is 41.4 Å². The van der Waals surface area contributed by atoms with Crippen LogP contribution in [0, 0.1) is 27.7 Å². The van der Waals surface area contributed by atoms with Crippen LogP contribution in [0.25, 0.3) is 46.6 Å². The van der Waals surface area contributed by atoms with Crippen molar-refractivity contribution < 1.29 is 0 Å². The average Bonchev–Trinajstić information content (AvgIpc) is 3.15. The van der Waals surface area contributed by atoms with Crippen LogP contribution in [-0.2, 0) is 0 Å². The van der Waals surface area contributed by atoms with Crippen molar-refractivity contribution in [1.29, 1.82) is 0 Å². The molecule has 0 spiro atoms. The van der Waals surface area contributed by atoms with Gasteiger partial charge >= 0.3 is 0 Å². The molecule has 0 bridgehead atoms. The summed E-state index contributed by atoms with van der Waals surface area (Å²) in [5, 5.41) is 0. The summed E-state index contributed by atoms with van der Waals surface area (Å²) in [4.78, 5) is 2.30. The van der Waals surface area contributed by atoms with Crippen LogP contribution in [0.3, 0.4) is 0 Å². The average molecular weight is 658 g/mol. The van der Waals surface area contributed by atoms with E-state index in [-0.39, 0.29) is 0 Å². The van der Waals surface area contributed by atoms with E-state index in [9.17, 15) is 0 Å². The van der Waals surface area contributed by atoms with Crippen molar-refractivity contribution in [2.45, 2.75) is 27.7 Å². The minimum atomic E-state index is 1.11. The van der Waals surface area contributed by atoms with Gasteiger partial charge in [0.25, 0.3) is 0 Å². The van der Waals surface area contributed by atoms with Gasteiger partial charge < -0.3 is 4.90 Å². The van der Waals surface area contributed by atoms with E-state index in [0.717, 1.165) is 28.2 Å². The van der Waals surface area contributed by atoms with E-state index in [2.05, 4.69) is 221 Å². The Labute approximate surface area is 303 Å². The smallest absolute Gasteiger partial charge is 0.0462 e. The van der Waals surface area contributed by atoms with E-state index < -0.39 is 0 Å². The molecule has 0 aromatic heterocycles. The number of para-hydroxylation sites is 1. The quantitative estimate of drug-likeness (QED) is 0.140. The van der Waals surface area contributed by atoms with Gasteiger partial charge in [-0.15, -0.1) is 0 Å². The first-order chi connectivity index (χ1) is 24.9. The molecular weight excluding hydrogens is 615 g/mol. The fourth-order valence-corrected chi connectivity index (χ4v) is 6.70. The zero-order valence-corrected chi connectivity index (χ0v) is 29.8. The molecule has 0 saturated carbocycles. The minimum Gasteiger partial charge on any atom is -0.311 e. The number of benzene rings is 7. The van der Waals surface area contributed by atoms with Crippen molar-refractivity contribution in [2.75, 3.05) is 4.90 Å². The Morgan fingerprint density at radius 3 is 1.02 bits per heavy atom. The Morgan fingerprint density at radius 1 is 0.333 bits per heavy atom. The SMILES string of the molecule is Cc1ccc(-c2ccc(/C=C/c3ccc(N(c4ccccc4)c4ccc(/C=C/c5ccc(-c6ccc(C)cc6C)cc5)cc4)cc3)cc2)c(C)c1. The Morgan fingerprint density at radius 2 is 0.667 bits per heavy atom. The molecule has 0 N–H and O–H groups in total. The molecule has 1 nitrogen and oxygen atoms in total. The molecular formula is C50H43N. The molecule has 0 radical (unpaired) electrons. The largest absolute Gasteiger partial charge is 0.311 e. The van der Waals surface area contributed by atoms with Gasteiger partial charge in [-0.3, -0.25) is 0 Å². The number of rotatable bonds is 9. The maximum atomic E-state index is 2.30. The second-order valence-corrected chi connectivity index (χ2v) is 13.4. The predicted octanol–water partition coefficient (Wildman–Crippen LogP) is 14.1. The van der Waals surface area contributed by atoms with Gasteiger partial charge in [-0.1, -0.05) is 163 Å². The number of hydrogen-bond acceptors (Lipinski definition) is 1. The van der Waals surface area contributed by atoms with Gasteiger partial charge in [0.1, 0.15) is 0 Å². The Balaban J connectivity index is 1.05. The van der Waals surface area contributed by atoms with Gasteiger partial charge in [0.15, 0.2) is 0 Å². The third-order valence-corrected chi connectivity index (χ3v) is 9.46. The summed E-state index contributed by atoms with van der Waals surface area (Å²) >= 11 is 0. The molecule has 1 heteroatoms. The first kappa shape index (κ1) is 33.3. The van der Waals surface area contributed by atoms with Crippen LogP contribution in [0.5, 0.6) is 0 Å². The molecule has 0 atom stereocenters. The third-order valence-electron chi connectivity index (χ3n) is 9.46. The van der Waals surface area contributed by atoms with E-state index in [1.807, 2.05) is 0 Å². The number of aryl methyl sites for hydroxylation is 4. The van der Waals surface area contributed by atoms with Crippen LogP contribution >= 0.6 is 0 Å². The molecule has 7 aromatic rings. The number of hydrogen-bond donors (Lipinski definition) is 0. The molecule has 0 saturated heterocycles.